The lowest BCUT2D eigenvalue weighted by atomic mass is 10.8. The molecular weight excluding hydrogens is 224 g/mol. The second-order valence-corrected chi connectivity index (χ2v) is 3.00. The molecule has 1 rings (SSSR count). The van der Waals surface area contributed by atoms with Crippen molar-refractivity contribution in [2.24, 2.45) is 0 Å². The molecule has 0 spiro atoms. The SMILES string of the molecule is SCCOc1nnc(OCCS)nn1. The molecule has 0 aliphatic carbocycles. The molecule has 0 saturated heterocycles. The number of hydrogen-bond donors (Lipinski definition) is 2. The average molecular weight is 234 g/mol. The quantitative estimate of drug-likeness (QED) is 0.669. The Bertz CT molecular complexity index is 232. The Labute approximate surface area is 92.2 Å². The van der Waals surface area contributed by atoms with E-state index in [1.807, 2.05) is 0 Å². The molecule has 14 heavy (non-hydrogen) atoms. The second kappa shape index (κ2) is 6.66. The summed E-state index contributed by atoms with van der Waals surface area (Å²) >= 11 is 7.93. The van der Waals surface area contributed by atoms with Crippen molar-refractivity contribution in [2.75, 3.05) is 24.7 Å². The molecular formula is C6H10N4O2S2. The van der Waals surface area contributed by atoms with Gasteiger partial charge >= 0.3 is 12.0 Å². The van der Waals surface area contributed by atoms with Crippen molar-refractivity contribution in [3.63, 3.8) is 0 Å². The summed E-state index contributed by atoms with van der Waals surface area (Å²) in [6.45, 7) is 0.840. The van der Waals surface area contributed by atoms with E-state index in [1.54, 1.807) is 0 Å². The first kappa shape index (κ1) is 11.3. The lowest BCUT2D eigenvalue weighted by Gasteiger charge is -2.01. The summed E-state index contributed by atoms with van der Waals surface area (Å²) in [5.41, 5.74) is 0. The Balaban J connectivity index is 2.42. The number of ether oxygens (including phenoxy) is 2. The number of nitrogens with zero attached hydrogens (tertiary/aromatic N) is 4. The van der Waals surface area contributed by atoms with Crippen LogP contribution in [0.4, 0.5) is 0 Å². The zero-order valence-electron chi connectivity index (χ0n) is 7.33. The minimum absolute atomic E-state index is 0.122. The zero-order chi connectivity index (χ0) is 10.2. The van der Waals surface area contributed by atoms with Gasteiger partial charge < -0.3 is 9.47 Å². The molecule has 0 saturated carbocycles. The van der Waals surface area contributed by atoms with E-state index in [-0.39, 0.29) is 12.0 Å². The maximum atomic E-state index is 5.02. The van der Waals surface area contributed by atoms with Gasteiger partial charge in [-0.15, -0.1) is 0 Å². The Morgan fingerprint density at radius 3 is 1.43 bits per heavy atom. The Hall–Kier alpha value is -0.760. The third-order valence-corrected chi connectivity index (χ3v) is 1.45. The molecule has 6 nitrogen and oxygen atoms in total. The normalized spacial score (nSPS) is 9.86. The third-order valence-electron chi connectivity index (χ3n) is 1.09. The summed E-state index contributed by atoms with van der Waals surface area (Å²) in [5.74, 6) is 1.17. The molecule has 1 aromatic rings. The van der Waals surface area contributed by atoms with Crippen molar-refractivity contribution in [1.29, 1.82) is 0 Å². The maximum absolute atomic E-state index is 5.02. The first-order valence-corrected chi connectivity index (χ1v) is 5.18. The highest BCUT2D eigenvalue weighted by Crippen LogP contribution is 2.01. The van der Waals surface area contributed by atoms with Crippen molar-refractivity contribution < 1.29 is 9.47 Å². The largest absolute Gasteiger partial charge is 0.460 e. The summed E-state index contributed by atoms with van der Waals surface area (Å²) in [5, 5.41) is 14.6. The molecule has 0 unspecified atom stereocenters. The Morgan fingerprint density at radius 1 is 0.786 bits per heavy atom. The number of hydrogen-bond acceptors (Lipinski definition) is 8. The van der Waals surface area contributed by atoms with Gasteiger partial charge in [-0.2, -0.15) is 25.3 Å². The molecule has 0 N–H and O–H groups in total. The van der Waals surface area contributed by atoms with E-state index in [2.05, 4.69) is 45.7 Å². The van der Waals surface area contributed by atoms with E-state index in [9.17, 15) is 0 Å². The van der Waals surface area contributed by atoms with Crippen LogP contribution in [0, 0.1) is 0 Å². The summed E-state index contributed by atoms with van der Waals surface area (Å²) in [6.07, 6.45) is 0. The summed E-state index contributed by atoms with van der Waals surface area (Å²) in [7, 11) is 0. The van der Waals surface area contributed by atoms with Crippen LogP contribution >= 0.6 is 25.3 Å². The van der Waals surface area contributed by atoms with Crippen LogP contribution in [-0.2, 0) is 0 Å². The van der Waals surface area contributed by atoms with Crippen molar-refractivity contribution in [3.8, 4) is 12.0 Å². The first-order chi connectivity index (χ1) is 6.86. The highest BCUT2D eigenvalue weighted by atomic mass is 32.1. The minimum atomic E-state index is 0.122. The van der Waals surface area contributed by atoms with Gasteiger partial charge in [0.1, 0.15) is 13.2 Å². The molecule has 0 amide bonds. The van der Waals surface area contributed by atoms with Gasteiger partial charge in [-0.25, -0.2) is 0 Å². The fraction of sp³-hybridized carbons (Fsp3) is 0.667. The fourth-order valence-corrected chi connectivity index (χ4v) is 0.783. The molecule has 78 valence electrons. The predicted octanol–water partition coefficient (Wildman–Crippen LogP) is -0.116. The smallest absolute Gasteiger partial charge is 0.355 e. The van der Waals surface area contributed by atoms with E-state index < -0.39 is 0 Å². The molecule has 0 aromatic carbocycles. The van der Waals surface area contributed by atoms with Gasteiger partial charge in [0.2, 0.25) is 0 Å². The number of rotatable bonds is 6. The van der Waals surface area contributed by atoms with Crippen molar-refractivity contribution in [2.45, 2.75) is 0 Å². The molecule has 0 aliphatic heterocycles. The van der Waals surface area contributed by atoms with E-state index >= 15 is 0 Å². The molecule has 0 fully saturated rings. The highest BCUT2D eigenvalue weighted by molar-refractivity contribution is 7.80. The standard InChI is InChI=1S/C6H10N4O2S2/c13-3-1-11-5-7-9-6(10-8-5)12-2-4-14/h13-14H,1-4H2. The van der Waals surface area contributed by atoms with E-state index in [4.69, 9.17) is 9.47 Å². The van der Waals surface area contributed by atoms with Gasteiger partial charge in [0, 0.05) is 11.5 Å². The monoisotopic (exact) mass is 234 g/mol. The fourth-order valence-electron chi connectivity index (χ4n) is 0.600. The van der Waals surface area contributed by atoms with Crippen LogP contribution in [0.2, 0.25) is 0 Å². The Morgan fingerprint density at radius 2 is 1.14 bits per heavy atom. The maximum Gasteiger partial charge on any atom is 0.355 e. The first-order valence-electron chi connectivity index (χ1n) is 3.91. The van der Waals surface area contributed by atoms with Gasteiger partial charge in [-0.3, -0.25) is 0 Å². The van der Waals surface area contributed by atoms with Crippen LogP contribution in [0.15, 0.2) is 0 Å². The van der Waals surface area contributed by atoms with E-state index in [0.717, 1.165) is 0 Å². The van der Waals surface area contributed by atoms with Crippen molar-refractivity contribution >= 4 is 25.3 Å². The average Bonchev–Trinajstić information content (AvgIpc) is 2.25. The van der Waals surface area contributed by atoms with Crippen molar-refractivity contribution in [3.05, 3.63) is 0 Å². The highest BCUT2D eigenvalue weighted by Gasteiger charge is 2.01. The van der Waals surface area contributed by atoms with Crippen molar-refractivity contribution in [1.82, 2.24) is 20.4 Å². The van der Waals surface area contributed by atoms with Gasteiger partial charge in [-0.1, -0.05) is 20.4 Å². The van der Waals surface area contributed by atoms with Crippen LogP contribution in [0.1, 0.15) is 0 Å². The predicted molar refractivity (Wildman–Crippen MR) is 56.3 cm³/mol. The molecule has 8 heteroatoms. The zero-order valence-corrected chi connectivity index (χ0v) is 9.12. The summed E-state index contributed by atoms with van der Waals surface area (Å²) < 4.78 is 10.0. The Kier molecular flexibility index (Phi) is 5.38. The topological polar surface area (TPSA) is 70.0 Å². The molecule has 0 radical (unpaired) electrons. The summed E-state index contributed by atoms with van der Waals surface area (Å²) in [6, 6.07) is 0.245. The summed E-state index contributed by atoms with van der Waals surface area (Å²) in [4.78, 5) is 0. The lowest BCUT2D eigenvalue weighted by molar-refractivity contribution is 0.275. The third kappa shape index (κ3) is 3.97. The van der Waals surface area contributed by atoms with Crippen LogP contribution in [0.5, 0.6) is 12.0 Å². The van der Waals surface area contributed by atoms with E-state index in [0.29, 0.717) is 24.7 Å². The van der Waals surface area contributed by atoms with Gasteiger partial charge in [0.15, 0.2) is 0 Å². The molecule has 1 aromatic heterocycles. The van der Waals surface area contributed by atoms with Crippen LogP contribution in [0.3, 0.4) is 0 Å². The van der Waals surface area contributed by atoms with Gasteiger partial charge in [-0.05, 0) is 0 Å². The van der Waals surface area contributed by atoms with Crippen LogP contribution < -0.4 is 9.47 Å². The van der Waals surface area contributed by atoms with Crippen LogP contribution in [-0.4, -0.2) is 45.1 Å². The van der Waals surface area contributed by atoms with E-state index in [1.165, 1.54) is 0 Å². The van der Waals surface area contributed by atoms with Gasteiger partial charge in [0.05, 0.1) is 0 Å². The molecule has 0 atom stereocenters. The molecule has 0 bridgehead atoms. The van der Waals surface area contributed by atoms with Gasteiger partial charge in [0.25, 0.3) is 0 Å². The number of thiol groups is 2. The minimum Gasteiger partial charge on any atom is -0.460 e. The lowest BCUT2D eigenvalue weighted by Crippen LogP contribution is -2.08. The number of aromatic nitrogens is 4. The second-order valence-electron chi connectivity index (χ2n) is 2.11. The molecule has 0 aliphatic rings. The molecule has 1 heterocycles. The van der Waals surface area contributed by atoms with Crippen LogP contribution in [0.25, 0.3) is 0 Å².